The fourth-order valence-corrected chi connectivity index (χ4v) is 1.41. The lowest BCUT2D eigenvalue weighted by molar-refractivity contribution is -0.150. The fraction of sp³-hybridized carbons (Fsp3) is 0.800. The van der Waals surface area contributed by atoms with Gasteiger partial charge in [0.25, 0.3) is 5.23 Å². The molecule has 0 saturated carbocycles. The zero-order valence-corrected chi connectivity index (χ0v) is 10.8. The lowest BCUT2D eigenvalue weighted by atomic mass is 10.3. The van der Waals surface area contributed by atoms with Crippen LogP contribution in [0.3, 0.4) is 0 Å². The molecule has 0 radical (unpaired) electrons. The third-order valence-electron chi connectivity index (χ3n) is 1.80. The van der Waals surface area contributed by atoms with Gasteiger partial charge in [0.05, 0.1) is 0 Å². The summed E-state index contributed by atoms with van der Waals surface area (Å²) in [6.45, 7) is 5.49. The van der Waals surface area contributed by atoms with Crippen LogP contribution in [0.5, 0.6) is 0 Å². The Morgan fingerprint density at radius 1 is 1.19 bits per heavy atom. The molecule has 0 aromatic rings. The average Bonchev–Trinajstić information content (AvgIpc) is 2.28. The van der Waals surface area contributed by atoms with Crippen LogP contribution in [0.2, 0.25) is 0 Å². The zero-order chi connectivity index (χ0) is 12.2. The topological polar surface area (TPSA) is 80.2 Å². The van der Waals surface area contributed by atoms with Gasteiger partial charge in [0.1, 0.15) is 0 Å². The number of aliphatic imine (C=N–C) groups is 2. The van der Waals surface area contributed by atoms with Crippen LogP contribution in [-0.2, 0) is 4.89 Å². The smallest absolute Gasteiger partial charge is 0.294 e. The van der Waals surface area contributed by atoms with Crippen LogP contribution < -0.4 is 5.73 Å². The molecule has 0 aliphatic carbocycles. The summed E-state index contributed by atoms with van der Waals surface area (Å²) in [6, 6.07) is 0. The predicted octanol–water partition coefficient (Wildman–Crippen LogP) is 2.48. The highest BCUT2D eigenvalue weighted by Crippen LogP contribution is 2.06. The second-order valence-corrected chi connectivity index (χ2v) is 4.24. The molecule has 0 saturated heterocycles. The van der Waals surface area contributed by atoms with Gasteiger partial charge in [-0.1, -0.05) is 26.7 Å². The zero-order valence-electron chi connectivity index (χ0n) is 9.98. The van der Waals surface area contributed by atoms with Crippen molar-refractivity contribution in [3.63, 3.8) is 0 Å². The summed E-state index contributed by atoms with van der Waals surface area (Å²) >= 11 is 1.05. The molecule has 5 nitrogen and oxygen atoms in total. The maximum Gasteiger partial charge on any atom is 0.294 e. The maximum atomic E-state index is 8.58. The van der Waals surface area contributed by atoms with E-state index in [1.54, 1.807) is 0 Å². The van der Waals surface area contributed by atoms with Crippen molar-refractivity contribution in [2.75, 3.05) is 13.1 Å². The summed E-state index contributed by atoms with van der Waals surface area (Å²) < 4.78 is 0. The molecule has 0 heterocycles. The number of unbranched alkanes of at least 4 members (excludes halogenated alkanes) is 2. The SMILES string of the molecule is CCCCN=C(N)SC(=NCCCC)OO. The number of thioether (sulfide) groups is 1. The third-order valence-corrected chi connectivity index (χ3v) is 2.52. The normalized spacial score (nSPS) is 12.9. The molecule has 0 rings (SSSR count). The molecular weight excluding hydrogens is 226 g/mol. The van der Waals surface area contributed by atoms with Crippen molar-refractivity contribution in [2.24, 2.45) is 15.7 Å². The first-order valence-electron chi connectivity index (χ1n) is 5.58. The van der Waals surface area contributed by atoms with Crippen molar-refractivity contribution in [2.45, 2.75) is 39.5 Å². The molecule has 0 fully saturated rings. The van der Waals surface area contributed by atoms with Gasteiger partial charge < -0.3 is 10.6 Å². The Kier molecular flexibility index (Phi) is 10.3. The summed E-state index contributed by atoms with van der Waals surface area (Å²) in [5.74, 6) is 0. The molecule has 0 spiro atoms. The van der Waals surface area contributed by atoms with Gasteiger partial charge in [-0.25, -0.2) is 10.2 Å². The highest BCUT2D eigenvalue weighted by molar-refractivity contribution is 8.26. The molecule has 3 N–H and O–H groups in total. The Balaban J connectivity index is 3.99. The van der Waals surface area contributed by atoms with Crippen molar-refractivity contribution in [1.82, 2.24) is 0 Å². The molecule has 0 aromatic carbocycles. The maximum absolute atomic E-state index is 8.58. The molecule has 0 bridgehead atoms. The van der Waals surface area contributed by atoms with Crippen molar-refractivity contribution in [3.05, 3.63) is 0 Å². The average molecular weight is 247 g/mol. The molecule has 0 aliphatic heterocycles. The first-order chi connectivity index (χ1) is 7.74. The van der Waals surface area contributed by atoms with E-state index in [0.29, 0.717) is 18.3 Å². The fourth-order valence-electron chi connectivity index (χ4n) is 0.877. The summed E-state index contributed by atoms with van der Waals surface area (Å²) in [6.07, 6.45) is 4.09. The van der Waals surface area contributed by atoms with Gasteiger partial charge in [0.2, 0.25) is 0 Å². The van der Waals surface area contributed by atoms with Crippen molar-refractivity contribution >= 4 is 22.2 Å². The first-order valence-corrected chi connectivity index (χ1v) is 6.39. The lowest BCUT2D eigenvalue weighted by Crippen LogP contribution is -2.12. The van der Waals surface area contributed by atoms with Crippen LogP contribution in [0.15, 0.2) is 9.98 Å². The monoisotopic (exact) mass is 247 g/mol. The number of hydrogen-bond acceptors (Lipinski definition) is 5. The van der Waals surface area contributed by atoms with E-state index in [0.717, 1.165) is 37.4 Å². The number of nitrogens with two attached hydrogens (primary N) is 1. The minimum atomic E-state index is 0.159. The van der Waals surface area contributed by atoms with Crippen LogP contribution in [0.4, 0.5) is 0 Å². The van der Waals surface area contributed by atoms with E-state index >= 15 is 0 Å². The van der Waals surface area contributed by atoms with Gasteiger partial charge >= 0.3 is 0 Å². The van der Waals surface area contributed by atoms with E-state index < -0.39 is 0 Å². The van der Waals surface area contributed by atoms with E-state index in [4.69, 9.17) is 11.0 Å². The van der Waals surface area contributed by atoms with E-state index in [9.17, 15) is 0 Å². The minimum Gasteiger partial charge on any atom is -0.378 e. The minimum absolute atomic E-state index is 0.159. The molecule has 0 atom stereocenters. The number of nitrogens with zero attached hydrogens (tertiary/aromatic N) is 2. The Bertz CT molecular complexity index is 232. The van der Waals surface area contributed by atoms with E-state index in [1.165, 1.54) is 0 Å². The Labute approximate surface area is 101 Å². The summed E-state index contributed by atoms with van der Waals surface area (Å²) in [5, 5.41) is 9.12. The highest BCUT2D eigenvalue weighted by atomic mass is 32.2. The molecule has 0 aromatic heterocycles. The molecule has 6 heteroatoms. The highest BCUT2D eigenvalue weighted by Gasteiger charge is 2.04. The van der Waals surface area contributed by atoms with Crippen molar-refractivity contribution in [3.8, 4) is 0 Å². The van der Waals surface area contributed by atoms with Gasteiger partial charge in [-0.3, -0.25) is 4.99 Å². The van der Waals surface area contributed by atoms with E-state index in [1.807, 2.05) is 0 Å². The Morgan fingerprint density at radius 3 is 2.25 bits per heavy atom. The molecule has 16 heavy (non-hydrogen) atoms. The number of amidine groups is 1. The largest absolute Gasteiger partial charge is 0.378 e. The first kappa shape index (κ1) is 15.2. The van der Waals surface area contributed by atoms with Gasteiger partial charge in [0, 0.05) is 24.9 Å². The standard InChI is InChI=1S/C10H21N3O2S/c1-3-5-7-12-9(11)16-10(15-14)13-8-6-4-2/h14H,3-8H2,1-2H3,(H2,11,12). The van der Waals surface area contributed by atoms with Crippen LogP contribution in [0.25, 0.3) is 0 Å². The molecule has 0 amide bonds. The van der Waals surface area contributed by atoms with Crippen LogP contribution in [0.1, 0.15) is 39.5 Å². The Hall–Kier alpha value is -0.750. The van der Waals surface area contributed by atoms with E-state index in [-0.39, 0.29) is 5.23 Å². The summed E-state index contributed by atoms with van der Waals surface area (Å²) in [5.41, 5.74) is 5.64. The number of rotatable bonds is 6. The molecule has 0 aliphatic rings. The van der Waals surface area contributed by atoms with Gasteiger partial charge in [-0.05, 0) is 12.8 Å². The van der Waals surface area contributed by atoms with E-state index in [2.05, 4.69) is 28.7 Å². The van der Waals surface area contributed by atoms with Crippen LogP contribution in [-0.4, -0.2) is 28.7 Å². The lowest BCUT2D eigenvalue weighted by Gasteiger charge is -2.01. The molecule has 0 unspecified atom stereocenters. The number of hydrogen-bond donors (Lipinski definition) is 2. The van der Waals surface area contributed by atoms with Crippen molar-refractivity contribution in [1.29, 1.82) is 0 Å². The summed E-state index contributed by atoms with van der Waals surface area (Å²) in [7, 11) is 0. The van der Waals surface area contributed by atoms with Crippen molar-refractivity contribution < 1.29 is 10.1 Å². The molecule has 94 valence electrons. The second kappa shape index (κ2) is 10.8. The van der Waals surface area contributed by atoms with Gasteiger partial charge in [0.15, 0.2) is 5.17 Å². The van der Waals surface area contributed by atoms with Gasteiger partial charge in [-0.2, -0.15) is 0 Å². The predicted molar refractivity (Wildman–Crippen MR) is 69.9 cm³/mol. The Morgan fingerprint density at radius 2 is 1.75 bits per heavy atom. The van der Waals surface area contributed by atoms with Gasteiger partial charge in [-0.15, -0.1) is 0 Å². The quantitative estimate of drug-likeness (QED) is 0.248. The summed E-state index contributed by atoms with van der Waals surface area (Å²) in [4.78, 5) is 12.3. The van der Waals surface area contributed by atoms with Crippen LogP contribution in [0, 0.1) is 0 Å². The second-order valence-electron chi connectivity index (χ2n) is 3.27. The molecular formula is C10H21N3O2S. The third kappa shape index (κ3) is 8.55. The van der Waals surface area contributed by atoms with Crippen LogP contribution >= 0.6 is 11.8 Å².